The van der Waals surface area contributed by atoms with Crippen molar-refractivity contribution in [1.29, 1.82) is 0 Å². The minimum Gasteiger partial charge on any atom is -0.490 e. The summed E-state index contributed by atoms with van der Waals surface area (Å²) in [5.74, 6) is 0.0372. The number of benzene rings is 3. The van der Waals surface area contributed by atoms with Gasteiger partial charge in [-0.1, -0.05) is 12.1 Å². The molecule has 9 nitrogen and oxygen atoms in total. The van der Waals surface area contributed by atoms with Gasteiger partial charge in [0, 0.05) is 42.1 Å². The number of alkyl halides is 3. The van der Waals surface area contributed by atoms with Crippen molar-refractivity contribution >= 4 is 23.2 Å². The van der Waals surface area contributed by atoms with Crippen LogP contribution in [0.25, 0.3) is 11.3 Å². The van der Waals surface area contributed by atoms with Crippen LogP contribution in [0.4, 0.5) is 30.5 Å². The minimum atomic E-state index is -4.78. The van der Waals surface area contributed by atoms with E-state index >= 15 is 0 Å². The third kappa shape index (κ3) is 8.23. The number of hydrogen-bond acceptors (Lipinski definition) is 8. The van der Waals surface area contributed by atoms with E-state index in [1.807, 2.05) is 19.1 Å². The standard InChI is InChI=1S/C32H32F3N5O4/c1-3-43-28-19-36-31(39-29(28)23-8-12-26(13-9-23)44-32(33,34)35)37-25-10-6-24(7-11-25)30(41)38-27-18-22(5-4-21(27)2)20-40-14-16-42-17-15-40/h4-13,18-19H,3,14-17,20H2,1-2H3,(H,38,41)(H,36,37,39). The zero-order valence-corrected chi connectivity index (χ0v) is 24.3. The second-order valence-corrected chi connectivity index (χ2v) is 10.1. The van der Waals surface area contributed by atoms with Crippen LogP contribution in [0.2, 0.25) is 0 Å². The monoisotopic (exact) mass is 607 g/mol. The van der Waals surface area contributed by atoms with Gasteiger partial charge in [0.05, 0.1) is 26.0 Å². The molecular weight excluding hydrogens is 575 g/mol. The molecule has 2 N–H and O–H groups in total. The van der Waals surface area contributed by atoms with Crippen molar-refractivity contribution in [2.45, 2.75) is 26.8 Å². The van der Waals surface area contributed by atoms with Gasteiger partial charge in [0.2, 0.25) is 5.95 Å². The first-order valence-electron chi connectivity index (χ1n) is 14.1. The molecule has 0 saturated carbocycles. The van der Waals surface area contributed by atoms with E-state index in [4.69, 9.17) is 9.47 Å². The summed E-state index contributed by atoms with van der Waals surface area (Å²) in [5.41, 5.74) is 4.87. The highest BCUT2D eigenvalue weighted by atomic mass is 19.4. The first-order valence-corrected chi connectivity index (χ1v) is 14.1. The predicted octanol–water partition coefficient (Wildman–Crippen LogP) is 6.58. The van der Waals surface area contributed by atoms with Crippen LogP contribution < -0.4 is 20.1 Å². The summed E-state index contributed by atoms with van der Waals surface area (Å²) in [6, 6.07) is 18.3. The second kappa shape index (κ2) is 13.7. The number of nitrogens with zero attached hydrogens (tertiary/aromatic N) is 3. The van der Waals surface area contributed by atoms with Gasteiger partial charge < -0.3 is 24.8 Å². The van der Waals surface area contributed by atoms with Crippen molar-refractivity contribution in [1.82, 2.24) is 14.9 Å². The lowest BCUT2D eigenvalue weighted by Crippen LogP contribution is -2.35. The molecule has 12 heteroatoms. The topological polar surface area (TPSA) is 97.8 Å². The van der Waals surface area contributed by atoms with E-state index in [0.717, 1.165) is 49.7 Å². The summed E-state index contributed by atoms with van der Waals surface area (Å²) < 4.78 is 52.7. The van der Waals surface area contributed by atoms with Gasteiger partial charge in [-0.15, -0.1) is 13.2 Å². The fourth-order valence-electron chi connectivity index (χ4n) is 4.66. The number of halogens is 3. The Labute approximate surface area is 253 Å². The maximum absolute atomic E-state index is 13.1. The number of nitrogens with one attached hydrogen (secondary N) is 2. The second-order valence-electron chi connectivity index (χ2n) is 10.1. The molecule has 1 amide bonds. The maximum Gasteiger partial charge on any atom is 0.573 e. The van der Waals surface area contributed by atoms with E-state index in [9.17, 15) is 18.0 Å². The zero-order chi connectivity index (χ0) is 31.1. The molecule has 1 aliphatic heterocycles. The fourth-order valence-corrected chi connectivity index (χ4v) is 4.66. The Kier molecular flexibility index (Phi) is 9.61. The number of hydrogen-bond donors (Lipinski definition) is 2. The highest BCUT2D eigenvalue weighted by Crippen LogP contribution is 2.32. The molecular formula is C32H32F3N5O4. The Bertz CT molecular complexity index is 1570. The van der Waals surface area contributed by atoms with E-state index in [1.54, 1.807) is 31.2 Å². The van der Waals surface area contributed by atoms with Crippen molar-refractivity contribution in [2.75, 3.05) is 43.5 Å². The Balaban J connectivity index is 1.26. The van der Waals surface area contributed by atoms with Crippen LogP contribution in [0.15, 0.2) is 72.9 Å². The smallest absolute Gasteiger partial charge is 0.490 e. The molecule has 5 rings (SSSR count). The predicted molar refractivity (Wildman–Crippen MR) is 160 cm³/mol. The van der Waals surface area contributed by atoms with Gasteiger partial charge in [0.1, 0.15) is 11.4 Å². The van der Waals surface area contributed by atoms with Crippen molar-refractivity contribution in [2.24, 2.45) is 0 Å². The summed E-state index contributed by atoms with van der Waals surface area (Å²) in [4.78, 5) is 24.2. The van der Waals surface area contributed by atoms with E-state index in [2.05, 4.69) is 36.3 Å². The van der Waals surface area contributed by atoms with Crippen LogP contribution in [0.1, 0.15) is 28.4 Å². The third-order valence-corrected chi connectivity index (χ3v) is 6.88. The third-order valence-electron chi connectivity index (χ3n) is 6.88. The number of ether oxygens (including phenoxy) is 3. The molecule has 3 aromatic carbocycles. The first kappa shape index (κ1) is 30.8. The molecule has 1 aromatic heterocycles. The Morgan fingerprint density at radius 1 is 1.02 bits per heavy atom. The molecule has 44 heavy (non-hydrogen) atoms. The molecule has 230 valence electrons. The summed E-state index contributed by atoms with van der Waals surface area (Å²) >= 11 is 0. The van der Waals surface area contributed by atoms with Crippen molar-refractivity contribution in [3.63, 3.8) is 0 Å². The van der Waals surface area contributed by atoms with E-state index in [0.29, 0.717) is 34.9 Å². The first-order chi connectivity index (χ1) is 21.2. The van der Waals surface area contributed by atoms with E-state index < -0.39 is 6.36 Å². The van der Waals surface area contributed by atoms with Crippen molar-refractivity contribution < 1.29 is 32.2 Å². The normalized spacial score (nSPS) is 13.8. The van der Waals surface area contributed by atoms with Crippen molar-refractivity contribution in [3.05, 3.63) is 89.6 Å². The summed E-state index contributed by atoms with van der Waals surface area (Å²) in [6.07, 6.45) is -3.29. The molecule has 1 saturated heterocycles. The quantitative estimate of drug-likeness (QED) is 0.209. The van der Waals surface area contributed by atoms with Gasteiger partial charge in [0.15, 0.2) is 5.75 Å². The van der Waals surface area contributed by atoms with Gasteiger partial charge in [-0.05, 0) is 79.6 Å². The van der Waals surface area contributed by atoms with Crippen LogP contribution >= 0.6 is 0 Å². The molecule has 0 atom stereocenters. The van der Waals surface area contributed by atoms with Gasteiger partial charge >= 0.3 is 6.36 Å². The van der Waals surface area contributed by atoms with Crippen LogP contribution in [0, 0.1) is 6.92 Å². The number of aryl methyl sites for hydroxylation is 1. The number of carbonyl (C=O) groups excluding carboxylic acids is 1. The van der Waals surface area contributed by atoms with Gasteiger partial charge in [0.25, 0.3) is 5.91 Å². The number of amides is 1. The van der Waals surface area contributed by atoms with Crippen LogP contribution in [0.3, 0.4) is 0 Å². The lowest BCUT2D eigenvalue weighted by atomic mass is 10.1. The minimum absolute atomic E-state index is 0.235. The highest BCUT2D eigenvalue weighted by Gasteiger charge is 2.31. The molecule has 0 bridgehead atoms. The Hall–Kier alpha value is -4.68. The zero-order valence-electron chi connectivity index (χ0n) is 24.3. The lowest BCUT2D eigenvalue weighted by molar-refractivity contribution is -0.274. The number of anilines is 3. The highest BCUT2D eigenvalue weighted by molar-refractivity contribution is 6.04. The summed E-state index contributed by atoms with van der Waals surface area (Å²) in [6.45, 7) is 8.11. The van der Waals surface area contributed by atoms with Crippen molar-refractivity contribution in [3.8, 4) is 22.8 Å². The van der Waals surface area contributed by atoms with Gasteiger partial charge in [-0.25, -0.2) is 9.97 Å². The largest absolute Gasteiger partial charge is 0.573 e. The summed E-state index contributed by atoms with van der Waals surface area (Å²) in [5, 5.41) is 6.12. The molecule has 0 spiro atoms. The summed E-state index contributed by atoms with van der Waals surface area (Å²) in [7, 11) is 0. The van der Waals surface area contributed by atoms with E-state index in [-0.39, 0.29) is 17.6 Å². The Morgan fingerprint density at radius 2 is 1.75 bits per heavy atom. The van der Waals surface area contributed by atoms with E-state index in [1.165, 1.54) is 30.5 Å². The molecule has 2 heterocycles. The molecule has 0 radical (unpaired) electrons. The SMILES string of the molecule is CCOc1cnc(Nc2ccc(C(=O)Nc3cc(CN4CCOCC4)ccc3C)cc2)nc1-c1ccc(OC(F)(F)F)cc1. The molecule has 1 fully saturated rings. The maximum atomic E-state index is 13.1. The number of carbonyl (C=O) groups is 1. The van der Waals surface area contributed by atoms with Gasteiger partial charge in [-0.2, -0.15) is 0 Å². The molecule has 0 unspecified atom stereocenters. The van der Waals surface area contributed by atoms with Crippen LogP contribution in [0.5, 0.6) is 11.5 Å². The average Bonchev–Trinajstić information content (AvgIpc) is 3.00. The van der Waals surface area contributed by atoms with Crippen LogP contribution in [-0.2, 0) is 11.3 Å². The lowest BCUT2D eigenvalue weighted by Gasteiger charge is -2.26. The van der Waals surface area contributed by atoms with Crippen LogP contribution in [-0.4, -0.2) is 60.0 Å². The number of rotatable bonds is 10. The number of morpholine rings is 1. The molecule has 0 aliphatic carbocycles. The molecule has 4 aromatic rings. The fraction of sp³-hybridized carbons (Fsp3) is 0.281. The molecule has 1 aliphatic rings. The van der Waals surface area contributed by atoms with Gasteiger partial charge in [-0.3, -0.25) is 9.69 Å². The average molecular weight is 608 g/mol. The number of aromatic nitrogens is 2. The Morgan fingerprint density at radius 3 is 2.43 bits per heavy atom.